The highest BCUT2D eigenvalue weighted by atomic mass is 16.4. The van der Waals surface area contributed by atoms with Gasteiger partial charge in [-0.15, -0.1) is 0 Å². The summed E-state index contributed by atoms with van der Waals surface area (Å²) in [6, 6.07) is 7.38. The van der Waals surface area contributed by atoms with Crippen LogP contribution in [0, 0.1) is 0 Å². The Morgan fingerprint density at radius 3 is 2.24 bits per heavy atom. The maximum absolute atomic E-state index is 12.2. The largest absolute Gasteiger partial charge is 0.480 e. The molecule has 0 spiro atoms. The normalized spacial score (nSPS) is 13.5. The van der Waals surface area contributed by atoms with Crippen LogP contribution in [0.15, 0.2) is 24.3 Å². The lowest BCUT2D eigenvalue weighted by atomic mass is 9.95. The Kier molecular flexibility index (Phi) is 6.40. The summed E-state index contributed by atoms with van der Waals surface area (Å²) in [5.74, 6) is -1.34. The number of carboxylic acids is 1. The predicted octanol–water partition coefficient (Wildman–Crippen LogP) is 3.40. The monoisotopic (exact) mass is 291 g/mol. The van der Waals surface area contributed by atoms with E-state index in [9.17, 15) is 14.7 Å². The van der Waals surface area contributed by atoms with E-state index in [-0.39, 0.29) is 5.91 Å². The van der Waals surface area contributed by atoms with E-state index in [4.69, 9.17) is 0 Å². The fraction of sp³-hybridized carbons (Fsp3) is 0.529. The average Bonchev–Trinajstić information content (AvgIpc) is 2.45. The molecule has 21 heavy (non-hydrogen) atoms. The van der Waals surface area contributed by atoms with E-state index < -0.39 is 11.5 Å². The Bertz CT molecular complexity index is 481. The van der Waals surface area contributed by atoms with Crippen molar-refractivity contribution in [1.29, 1.82) is 0 Å². The first-order valence-corrected chi connectivity index (χ1v) is 7.57. The van der Waals surface area contributed by atoms with Gasteiger partial charge in [0.05, 0.1) is 0 Å². The van der Waals surface area contributed by atoms with Gasteiger partial charge in [0, 0.05) is 5.56 Å². The number of hydrogen-bond donors (Lipinski definition) is 2. The SMILES string of the molecule is CCCCc1ccc(C(=O)NC(C)(CCC)C(=O)O)cc1. The molecule has 0 aliphatic rings. The zero-order valence-corrected chi connectivity index (χ0v) is 13.1. The first-order valence-electron chi connectivity index (χ1n) is 7.57. The number of nitrogens with one attached hydrogen (secondary N) is 1. The van der Waals surface area contributed by atoms with Crippen molar-refractivity contribution in [2.75, 3.05) is 0 Å². The van der Waals surface area contributed by atoms with Gasteiger partial charge in [0.15, 0.2) is 0 Å². The molecule has 0 heterocycles. The van der Waals surface area contributed by atoms with Gasteiger partial charge in [-0.05, 0) is 43.9 Å². The van der Waals surface area contributed by atoms with Crippen molar-refractivity contribution in [3.8, 4) is 0 Å². The second kappa shape index (κ2) is 7.81. The van der Waals surface area contributed by atoms with Crippen molar-refractivity contribution in [3.63, 3.8) is 0 Å². The molecule has 1 amide bonds. The Balaban J connectivity index is 2.76. The molecule has 0 saturated heterocycles. The highest BCUT2D eigenvalue weighted by Crippen LogP contribution is 2.15. The van der Waals surface area contributed by atoms with Gasteiger partial charge in [-0.25, -0.2) is 4.79 Å². The van der Waals surface area contributed by atoms with E-state index in [0.717, 1.165) is 19.3 Å². The van der Waals surface area contributed by atoms with Gasteiger partial charge in [-0.1, -0.05) is 38.8 Å². The first kappa shape index (κ1) is 17.2. The van der Waals surface area contributed by atoms with E-state index >= 15 is 0 Å². The highest BCUT2D eigenvalue weighted by Gasteiger charge is 2.33. The Morgan fingerprint density at radius 2 is 1.76 bits per heavy atom. The molecule has 0 saturated carbocycles. The highest BCUT2D eigenvalue weighted by molar-refractivity contribution is 5.97. The number of aryl methyl sites for hydroxylation is 1. The predicted molar refractivity (Wildman–Crippen MR) is 83.5 cm³/mol. The Hall–Kier alpha value is -1.84. The van der Waals surface area contributed by atoms with Crippen LogP contribution in [0.2, 0.25) is 0 Å². The molecule has 0 bridgehead atoms. The van der Waals surface area contributed by atoms with Gasteiger partial charge in [0.25, 0.3) is 5.91 Å². The molecule has 1 aromatic rings. The molecular formula is C17H25NO3. The van der Waals surface area contributed by atoms with Crippen molar-refractivity contribution >= 4 is 11.9 Å². The lowest BCUT2D eigenvalue weighted by Crippen LogP contribution is -2.52. The summed E-state index contributed by atoms with van der Waals surface area (Å²) in [5.41, 5.74) is 0.481. The van der Waals surface area contributed by atoms with Gasteiger partial charge in [-0.2, -0.15) is 0 Å². The summed E-state index contributed by atoms with van der Waals surface area (Å²) in [4.78, 5) is 23.5. The molecular weight excluding hydrogens is 266 g/mol. The summed E-state index contributed by atoms with van der Waals surface area (Å²) in [6.07, 6.45) is 4.36. The Labute approximate surface area is 126 Å². The fourth-order valence-corrected chi connectivity index (χ4v) is 2.25. The van der Waals surface area contributed by atoms with Crippen LogP contribution in [-0.2, 0) is 11.2 Å². The van der Waals surface area contributed by atoms with E-state index in [2.05, 4.69) is 12.2 Å². The minimum atomic E-state index is -1.22. The van der Waals surface area contributed by atoms with Crippen LogP contribution >= 0.6 is 0 Å². The minimum Gasteiger partial charge on any atom is -0.480 e. The summed E-state index contributed by atoms with van der Waals surface area (Å²) >= 11 is 0. The second-order valence-electron chi connectivity index (χ2n) is 5.64. The van der Waals surface area contributed by atoms with Crippen LogP contribution in [0.5, 0.6) is 0 Å². The molecule has 1 aromatic carbocycles. The number of aliphatic carboxylic acids is 1. The number of carbonyl (C=O) groups is 2. The van der Waals surface area contributed by atoms with E-state index in [0.29, 0.717) is 18.4 Å². The third-order valence-electron chi connectivity index (χ3n) is 3.65. The number of rotatable bonds is 8. The summed E-state index contributed by atoms with van der Waals surface area (Å²) in [6.45, 7) is 5.59. The lowest BCUT2D eigenvalue weighted by Gasteiger charge is -2.25. The lowest BCUT2D eigenvalue weighted by molar-refractivity contribution is -0.144. The van der Waals surface area contributed by atoms with Crippen LogP contribution in [0.25, 0.3) is 0 Å². The number of carboxylic acid groups (broad SMARTS) is 1. The average molecular weight is 291 g/mol. The molecule has 0 aliphatic carbocycles. The molecule has 4 nitrogen and oxygen atoms in total. The fourth-order valence-electron chi connectivity index (χ4n) is 2.25. The first-order chi connectivity index (χ1) is 9.92. The molecule has 0 aromatic heterocycles. The molecule has 1 rings (SSSR count). The van der Waals surface area contributed by atoms with Crippen LogP contribution in [0.4, 0.5) is 0 Å². The number of hydrogen-bond acceptors (Lipinski definition) is 2. The molecule has 0 fully saturated rings. The van der Waals surface area contributed by atoms with Crippen molar-refractivity contribution in [2.24, 2.45) is 0 Å². The smallest absolute Gasteiger partial charge is 0.329 e. The maximum atomic E-state index is 12.2. The Morgan fingerprint density at radius 1 is 1.14 bits per heavy atom. The number of amides is 1. The minimum absolute atomic E-state index is 0.338. The van der Waals surface area contributed by atoms with Crippen molar-refractivity contribution in [3.05, 3.63) is 35.4 Å². The van der Waals surface area contributed by atoms with Gasteiger partial charge in [0.2, 0.25) is 0 Å². The molecule has 2 N–H and O–H groups in total. The summed E-state index contributed by atoms with van der Waals surface area (Å²) < 4.78 is 0. The van der Waals surface area contributed by atoms with Gasteiger partial charge in [0.1, 0.15) is 5.54 Å². The number of carbonyl (C=O) groups excluding carboxylic acids is 1. The zero-order chi connectivity index (χ0) is 15.9. The van der Waals surface area contributed by atoms with E-state index in [1.54, 1.807) is 19.1 Å². The summed E-state index contributed by atoms with van der Waals surface area (Å²) in [7, 11) is 0. The molecule has 0 radical (unpaired) electrons. The third kappa shape index (κ3) is 4.88. The van der Waals surface area contributed by atoms with Crippen molar-refractivity contribution in [1.82, 2.24) is 5.32 Å². The van der Waals surface area contributed by atoms with Gasteiger partial charge >= 0.3 is 5.97 Å². The van der Waals surface area contributed by atoms with Crippen LogP contribution in [0.3, 0.4) is 0 Å². The summed E-state index contributed by atoms with van der Waals surface area (Å²) in [5, 5.41) is 11.9. The van der Waals surface area contributed by atoms with Gasteiger partial charge in [-0.3, -0.25) is 4.79 Å². The number of unbranched alkanes of at least 4 members (excludes halogenated alkanes) is 1. The van der Waals surface area contributed by atoms with Crippen molar-refractivity contribution < 1.29 is 14.7 Å². The quantitative estimate of drug-likeness (QED) is 0.771. The maximum Gasteiger partial charge on any atom is 0.329 e. The molecule has 1 atom stereocenters. The van der Waals surface area contributed by atoms with Crippen LogP contribution in [-0.4, -0.2) is 22.5 Å². The van der Waals surface area contributed by atoms with E-state index in [1.165, 1.54) is 5.56 Å². The van der Waals surface area contributed by atoms with E-state index in [1.807, 2.05) is 19.1 Å². The molecule has 116 valence electrons. The van der Waals surface area contributed by atoms with Crippen LogP contribution in [0.1, 0.15) is 62.4 Å². The van der Waals surface area contributed by atoms with Gasteiger partial charge < -0.3 is 10.4 Å². The number of benzene rings is 1. The molecule has 4 heteroatoms. The van der Waals surface area contributed by atoms with Crippen molar-refractivity contribution in [2.45, 2.75) is 58.4 Å². The van der Waals surface area contributed by atoms with Crippen LogP contribution < -0.4 is 5.32 Å². The molecule has 1 unspecified atom stereocenters. The third-order valence-corrected chi connectivity index (χ3v) is 3.65. The topological polar surface area (TPSA) is 66.4 Å². The second-order valence-corrected chi connectivity index (χ2v) is 5.64. The molecule has 0 aliphatic heterocycles. The zero-order valence-electron chi connectivity index (χ0n) is 13.1. The standard InChI is InChI=1S/C17H25NO3/c1-4-6-7-13-8-10-14(11-9-13)15(19)18-17(3,12-5-2)16(20)21/h8-11H,4-7,12H2,1-3H3,(H,18,19)(H,20,21).